The zero-order chi connectivity index (χ0) is 8.43. The van der Waals surface area contributed by atoms with Gasteiger partial charge < -0.3 is 5.11 Å². The topological polar surface area (TPSA) is 33.1 Å². The molecule has 60 valence electrons. The Hall–Kier alpha value is -0.320. The molecular weight excluding hydrogens is 253 g/mol. The van der Waals surface area contributed by atoms with Crippen LogP contribution in [0.4, 0.5) is 0 Å². The van der Waals surface area contributed by atoms with Crippen LogP contribution in [0.15, 0.2) is 12.3 Å². The minimum absolute atomic E-state index is 0.284. The molecule has 0 aromatic carbocycles. The molecule has 1 aromatic heterocycles. The number of nitrogens with zero attached hydrogens (tertiary/aromatic N) is 1. The lowest BCUT2D eigenvalue weighted by Gasteiger charge is -2.05. The first kappa shape index (κ1) is 8.77. The summed E-state index contributed by atoms with van der Waals surface area (Å²) in [4.78, 5) is 4.12. The molecule has 0 radical (unpaired) electrons. The number of halogens is 1. The first-order chi connectivity index (χ1) is 5.11. The van der Waals surface area contributed by atoms with E-state index in [1.54, 1.807) is 12.3 Å². The molecular formula is C8H10INO. The van der Waals surface area contributed by atoms with Gasteiger partial charge in [-0.05, 0) is 34.6 Å². The maximum Gasteiger partial charge on any atom is 0.138 e. The Morgan fingerprint density at radius 2 is 2.18 bits per heavy atom. The summed E-state index contributed by atoms with van der Waals surface area (Å²) in [5, 5.41) is 9.39. The van der Waals surface area contributed by atoms with Gasteiger partial charge in [0.1, 0.15) is 5.75 Å². The molecule has 0 bridgehead atoms. The Morgan fingerprint density at radius 3 is 2.64 bits per heavy atom. The maximum atomic E-state index is 9.39. The zero-order valence-corrected chi connectivity index (χ0v) is 8.66. The highest BCUT2D eigenvalue weighted by Gasteiger charge is 2.06. The molecule has 0 amide bonds. The van der Waals surface area contributed by atoms with E-state index in [1.807, 2.05) is 13.8 Å². The van der Waals surface area contributed by atoms with E-state index in [0.717, 1.165) is 9.26 Å². The second-order valence-electron chi connectivity index (χ2n) is 2.71. The fourth-order valence-corrected chi connectivity index (χ4v) is 1.32. The molecule has 1 rings (SSSR count). The molecule has 0 aliphatic heterocycles. The average molecular weight is 263 g/mol. The van der Waals surface area contributed by atoms with Crippen molar-refractivity contribution in [3.05, 3.63) is 21.5 Å². The summed E-state index contributed by atoms with van der Waals surface area (Å²) in [5.41, 5.74) is 0.769. The van der Waals surface area contributed by atoms with E-state index >= 15 is 0 Å². The molecule has 1 aromatic rings. The van der Waals surface area contributed by atoms with Gasteiger partial charge in [0.05, 0.1) is 5.69 Å². The molecule has 11 heavy (non-hydrogen) atoms. The summed E-state index contributed by atoms with van der Waals surface area (Å²) in [6, 6.07) is 1.73. The van der Waals surface area contributed by atoms with Gasteiger partial charge in [0.15, 0.2) is 0 Å². The highest BCUT2D eigenvalue weighted by atomic mass is 127. The predicted molar refractivity (Wildman–Crippen MR) is 52.7 cm³/mol. The van der Waals surface area contributed by atoms with E-state index < -0.39 is 0 Å². The van der Waals surface area contributed by atoms with Crippen molar-refractivity contribution >= 4 is 22.6 Å². The fourth-order valence-electron chi connectivity index (χ4n) is 0.884. The average Bonchev–Trinajstić information content (AvgIpc) is 1.85. The van der Waals surface area contributed by atoms with Crippen LogP contribution in [0.2, 0.25) is 0 Å². The molecule has 0 saturated heterocycles. The first-order valence-electron chi connectivity index (χ1n) is 3.45. The molecule has 2 nitrogen and oxygen atoms in total. The smallest absolute Gasteiger partial charge is 0.138 e. The summed E-state index contributed by atoms with van der Waals surface area (Å²) in [5.74, 6) is 0.582. The molecule has 1 N–H and O–H groups in total. The van der Waals surface area contributed by atoms with E-state index in [2.05, 4.69) is 27.6 Å². The van der Waals surface area contributed by atoms with Crippen LogP contribution in [-0.4, -0.2) is 10.1 Å². The van der Waals surface area contributed by atoms with Crippen molar-refractivity contribution in [3.63, 3.8) is 0 Å². The van der Waals surface area contributed by atoms with Gasteiger partial charge in [-0.25, -0.2) is 0 Å². The van der Waals surface area contributed by atoms with Crippen molar-refractivity contribution in [2.24, 2.45) is 0 Å². The van der Waals surface area contributed by atoms with Gasteiger partial charge in [0.25, 0.3) is 0 Å². The third kappa shape index (κ3) is 2.05. The van der Waals surface area contributed by atoms with Crippen molar-refractivity contribution in [1.29, 1.82) is 0 Å². The zero-order valence-electron chi connectivity index (χ0n) is 6.50. The Bertz CT molecular complexity index is 260. The van der Waals surface area contributed by atoms with Gasteiger partial charge in [0, 0.05) is 9.77 Å². The third-order valence-corrected chi connectivity index (χ3v) is 2.00. The largest absolute Gasteiger partial charge is 0.506 e. The molecule has 1 heterocycles. The molecule has 0 aliphatic rings. The molecule has 0 saturated carbocycles. The lowest BCUT2D eigenvalue weighted by Crippen LogP contribution is -1.92. The number of hydrogen-bond acceptors (Lipinski definition) is 2. The van der Waals surface area contributed by atoms with Crippen LogP contribution in [0.5, 0.6) is 5.75 Å². The van der Waals surface area contributed by atoms with Crippen molar-refractivity contribution in [3.8, 4) is 5.75 Å². The second kappa shape index (κ2) is 3.38. The van der Waals surface area contributed by atoms with Crippen LogP contribution in [0.3, 0.4) is 0 Å². The summed E-state index contributed by atoms with van der Waals surface area (Å²) in [6.45, 7) is 4.02. The second-order valence-corrected chi connectivity index (χ2v) is 3.96. The highest BCUT2D eigenvalue weighted by molar-refractivity contribution is 14.1. The SMILES string of the molecule is CC(C)c1ncc(I)cc1O. The lowest BCUT2D eigenvalue weighted by molar-refractivity contribution is 0.459. The van der Waals surface area contributed by atoms with E-state index in [9.17, 15) is 5.11 Å². The van der Waals surface area contributed by atoms with E-state index in [-0.39, 0.29) is 5.92 Å². The minimum Gasteiger partial charge on any atom is -0.506 e. The third-order valence-electron chi connectivity index (χ3n) is 1.41. The Morgan fingerprint density at radius 1 is 1.55 bits per heavy atom. The van der Waals surface area contributed by atoms with Gasteiger partial charge in [-0.15, -0.1) is 0 Å². The van der Waals surface area contributed by atoms with E-state index in [0.29, 0.717) is 5.75 Å². The van der Waals surface area contributed by atoms with Gasteiger partial charge in [-0.1, -0.05) is 13.8 Å². The number of pyridine rings is 1. The summed E-state index contributed by atoms with van der Waals surface area (Å²) >= 11 is 2.12. The Kier molecular flexibility index (Phi) is 2.70. The molecule has 0 spiro atoms. The van der Waals surface area contributed by atoms with Gasteiger partial charge in [-0.2, -0.15) is 0 Å². The lowest BCUT2D eigenvalue weighted by atomic mass is 10.1. The Balaban J connectivity index is 3.09. The molecule has 0 atom stereocenters. The number of aromatic hydroxyl groups is 1. The maximum absolute atomic E-state index is 9.39. The fraction of sp³-hybridized carbons (Fsp3) is 0.375. The van der Waals surface area contributed by atoms with Gasteiger partial charge >= 0.3 is 0 Å². The minimum atomic E-state index is 0.284. The summed E-state index contributed by atoms with van der Waals surface area (Å²) < 4.78 is 0.963. The number of aromatic nitrogens is 1. The van der Waals surface area contributed by atoms with E-state index in [4.69, 9.17) is 0 Å². The number of hydrogen-bond donors (Lipinski definition) is 1. The molecule has 3 heteroatoms. The van der Waals surface area contributed by atoms with Crippen LogP contribution in [-0.2, 0) is 0 Å². The first-order valence-corrected chi connectivity index (χ1v) is 4.53. The monoisotopic (exact) mass is 263 g/mol. The van der Waals surface area contributed by atoms with Crippen LogP contribution < -0.4 is 0 Å². The van der Waals surface area contributed by atoms with Crippen molar-refractivity contribution in [2.45, 2.75) is 19.8 Å². The molecule has 0 aliphatic carbocycles. The Labute approximate surface area is 79.8 Å². The van der Waals surface area contributed by atoms with Crippen molar-refractivity contribution < 1.29 is 5.11 Å². The normalized spacial score (nSPS) is 10.5. The standard InChI is InChI=1S/C8H10INO/c1-5(2)8-7(11)3-6(9)4-10-8/h3-5,11H,1-2H3. The number of rotatable bonds is 1. The van der Waals surface area contributed by atoms with Gasteiger partial charge in [-0.3, -0.25) is 4.98 Å². The van der Waals surface area contributed by atoms with Crippen LogP contribution >= 0.6 is 22.6 Å². The quantitative estimate of drug-likeness (QED) is 0.790. The van der Waals surface area contributed by atoms with Crippen molar-refractivity contribution in [2.75, 3.05) is 0 Å². The summed E-state index contributed by atoms with van der Waals surface area (Å²) in [6.07, 6.45) is 1.76. The van der Waals surface area contributed by atoms with Crippen LogP contribution in [0, 0.1) is 3.57 Å². The predicted octanol–water partition coefficient (Wildman–Crippen LogP) is 2.52. The van der Waals surface area contributed by atoms with Crippen LogP contribution in [0.1, 0.15) is 25.5 Å². The van der Waals surface area contributed by atoms with Crippen molar-refractivity contribution in [1.82, 2.24) is 4.98 Å². The molecule has 0 unspecified atom stereocenters. The highest BCUT2D eigenvalue weighted by Crippen LogP contribution is 2.23. The summed E-state index contributed by atoms with van der Waals surface area (Å²) in [7, 11) is 0. The van der Waals surface area contributed by atoms with E-state index in [1.165, 1.54) is 0 Å². The molecule has 0 fully saturated rings. The van der Waals surface area contributed by atoms with Crippen LogP contribution in [0.25, 0.3) is 0 Å². The van der Waals surface area contributed by atoms with Gasteiger partial charge in [0.2, 0.25) is 0 Å².